The summed E-state index contributed by atoms with van der Waals surface area (Å²) >= 11 is 0. The molecule has 1 amide bonds. The summed E-state index contributed by atoms with van der Waals surface area (Å²) in [4.78, 5) is 28.4. The SMILES string of the molecule is O=C(CN1CCCC1)N1CCN(c2ccccc2)CC(Cc2cnccn2)C1. The third-order valence-corrected chi connectivity index (χ3v) is 5.74. The monoisotopic (exact) mass is 379 g/mol. The van der Waals surface area contributed by atoms with E-state index in [-0.39, 0.29) is 5.91 Å². The molecule has 1 aromatic carbocycles. The van der Waals surface area contributed by atoms with Crippen LogP contribution >= 0.6 is 0 Å². The van der Waals surface area contributed by atoms with Crippen LogP contribution in [-0.2, 0) is 11.2 Å². The Labute approximate surface area is 167 Å². The first kappa shape index (κ1) is 18.9. The second-order valence-electron chi connectivity index (χ2n) is 7.87. The summed E-state index contributed by atoms with van der Waals surface area (Å²) in [5.41, 5.74) is 2.22. The average molecular weight is 380 g/mol. The van der Waals surface area contributed by atoms with Crippen LogP contribution in [0.2, 0.25) is 0 Å². The van der Waals surface area contributed by atoms with Gasteiger partial charge in [0.25, 0.3) is 0 Å². The van der Waals surface area contributed by atoms with Crippen molar-refractivity contribution in [3.8, 4) is 0 Å². The van der Waals surface area contributed by atoms with E-state index < -0.39 is 0 Å². The number of amides is 1. The van der Waals surface area contributed by atoms with Crippen LogP contribution in [-0.4, -0.2) is 71.5 Å². The van der Waals surface area contributed by atoms with Crippen molar-refractivity contribution in [2.24, 2.45) is 5.92 Å². The quantitative estimate of drug-likeness (QED) is 0.796. The Kier molecular flexibility index (Phi) is 6.17. The summed E-state index contributed by atoms with van der Waals surface area (Å²) in [5.74, 6) is 0.600. The molecule has 2 fully saturated rings. The van der Waals surface area contributed by atoms with Crippen LogP contribution in [0.15, 0.2) is 48.9 Å². The molecule has 6 heteroatoms. The normalized spacial score (nSPS) is 20.9. The fraction of sp³-hybridized carbons (Fsp3) is 0.500. The number of para-hydroxylation sites is 1. The minimum atomic E-state index is 0.265. The van der Waals surface area contributed by atoms with Gasteiger partial charge in [0.05, 0.1) is 12.2 Å². The average Bonchev–Trinajstić information content (AvgIpc) is 3.14. The highest BCUT2D eigenvalue weighted by Gasteiger charge is 2.27. The Balaban J connectivity index is 1.48. The maximum absolute atomic E-state index is 13.0. The van der Waals surface area contributed by atoms with Crippen LogP contribution in [0.25, 0.3) is 0 Å². The van der Waals surface area contributed by atoms with Gasteiger partial charge < -0.3 is 9.80 Å². The highest BCUT2D eigenvalue weighted by atomic mass is 16.2. The van der Waals surface area contributed by atoms with Gasteiger partial charge in [0.2, 0.25) is 5.91 Å². The predicted molar refractivity (Wildman–Crippen MR) is 110 cm³/mol. The largest absolute Gasteiger partial charge is 0.369 e. The second-order valence-corrected chi connectivity index (χ2v) is 7.87. The lowest BCUT2D eigenvalue weighted by Gasteiger charge is -2.26. The molecule has 2 aliphatic rings. The van der Waals surface area contributed by atoms with Gasteiger partial charge in [0, 0.05) is 50.5 Å². The lowest BCUT2D eigenvalue weighted by Crippen LogP contribution is -2.42. The van der Waals surface area contributed by atoms with E-state index in [1.807, 2.05) is 12.3 Å². The van der Waals surface area contributed by atoms with E-state index in [9.17, 15) is 4.79 Å². The van der Waals surface area contributed by atoms with Crippen LogP contribution in [0.5, 0.6) is 0 Å². The van der Waals surface area contributed by atoms with Crippen molar-refractivity contribution in [1.82, 2.24) is 19.8 Å². The van der Waals surface area contributed by atoms with E-state index in [2.05, 4.69) is 48.9 Å². The summed E-state index contributed by atoms with van der Waals surface area (Å²) < 4.78 is 0. The van der Waals surface area contributed by atoms with Gasteiger partial charge in [-0.3, -0.25) is 19.7 Å². The van der Waals surface area contributed by atoms with E-state index in [4.69, 9.17) is 0 Å². The number of benzene rings is 1. The van der Waals surface area contributed by atoms with Crippen LogP contribution < -0.4 is 4.90 Å². The van der Waals surface area contributed by atoms with Gasteiger partial charge in [-0.25, -0.2) is 0 Å². The van der Waals surface area contributed by atoms with Gasteiger partial charge >= 0.3 is 0 Å². The Morgan fingerprint density at radius 3 is 2.57 bits per heavy atom. The Morgan fingerprint density at radius 2 is 1.82 bits per heavy atom. The molecule has 1 atom stereocenters. The van der Waals surface area contributed by atoms with Crippen molar-refractivity contribution in [1.29, 1.82) is 0 Å². The number of carbonyl (C=O) groups excluding carboxylic acids is 1. The topological polar surface area (TPSA) is 52.6 Å². The number of hydrogen-bond acceptors (Lipinski definition) is 5. The number of rotatable bonds is 5. The highest BCUT2D eigenvalue weighted by Crippen LogP contribution is 2.21. The fourth-order valence-electron chi connectivity index (χ4n) is 4.30. The van der Waals surface area contributed by atoms with E-state index in [1.165, 1.54) is 18.5 Å². The van der Waals surface area contributed by atoms with Crippen LogP contribution in [0, 0.1) is 5.92 Å². The molecule has 2 aliphatic heterocycles. The zero-order chi connectivity index (χ0) is 19.2. The van der Waals surface area contributed by atoms with Gasteiger partial charge in [-0.05, 0) is 50.4 Å². The Bertz CT molecular complexity index is 748. The van der Waals surface area contributed by atoms with Crippen molar-refractivity contribution >= 4 is 11.6 Å². The van der Waals surface area contributed by atoms with E-state index in [1.54, 1.807) is 12.4 Å². The first-order valence-electron chi connectivity index (χ1n) is 10.3. The summed E-state index contributed by atoms with van der Waals surface area (Å²) in [7, 11) is 0. The number of nitrogens with zero attached hydrogens (tertiary/aromatic N) is 5. The lowest BCUT2D eigenvalue weighted by atomic mass is 10.0. The zero-order valence-electron chi connectivity index (χ0n) is 16.4. The molecule has 0 N–H and O–H groups in total. The zero-order valence-corrected chi connectivity index (χ0v) is 16.4. The smallest absolute Gasteiger partial charge is 0.236 e. The Morgan fingerprint density at radius 1 is 1.00 bits per heavy atom. The van der Waals surface area contributed by atoms with E-state index in [0.29, 0.717) is 12.5 Å². The van der Waals surface area contributed by atoms with Gasteiger partial charge in [-0.1, -0.05) is 18.2 Å². The molecule has 1 aromatic heterocycles. The fourth-order valence-corrected chi connectivity index (χ4v) is 4.30. The molecule has 0 bridgehead atoms. The maximum atomic E-state index is 13.0. The van der Waals surface area contributed by atoms with E-state index in [0.717, 1.165) is 51.4 Å². The highest BCUT2D eigenvalue weighted by molar-refractivity contribution is 5.78. The number of aromatic nitrogens is 2. The first-order chi connectivity index (χ1) is 13.8. The minimum Gasteiger partial charge on any atom is -0.369 e. The standard InChI is InChI=1S/C22H29N5O/c28-22(18-25-10-4-5-11-25)27-13-12-26(21-6-2-1-3-7-21)16-19(17-27)14-20-15-23-8-9-24-20/h1-3,6-9,15,19H,4-5,10-14,16-18H2. The number of anilines is 1. The van der Waals surface area contributed by atoms with Crippen molar-refractivity contribution in [3.05, 3.63) is 54.6 Å². The summed E-state index contributed by atoms with van der Waals surface area (Å²) in [6.07, 6.45) is 8.56. The van der Waals surface area contributed by atoms with Crippen LogP contribution in [0.4, 0.5) is 5.69 Å². The number of hydrogen-bond donors (Lipinski definition) is 0. The minimum absolute atomic E-state index is 0.265. The predicted octanol–water partition coefficient (Wildman–Crippen LogP) is 2.08. The molecular weight excluding hydrogens is 350 g/mol. The van der Waals surface area contributed by atoms with Crippen LogP contribution in [0.1, 0.15) is 18.5 Å². The summed E-state index contributed by atoms with van der Waals surface area (Å²) in [5, 5.41) is 0. The van der Waals surface area contributed by atoms with Crippen molar-refractivity contribution in [2.75, 3.05) is 50.7 Å². The number of likely N-dealkylation sites (tertiary alicyclic amines) is 1. The van der Waals surface area contributed by atoms with Gasteiger partial charge in [-0.2, -0.15) is 0 Å². The molecule has 0 aliphatic carbocycles. The second kappa shape index (κ2) is 9.15. The molecule has 0 spiro atoms. The molecule has 6 nitrogen and oxygen atoms in total. The molecule has 0 saturated carbocycles. The maximum Gasteiger partial charge on any atom is 0.236 e. The molecule has 148 valence electrons. The summed E-state index contributed by atoms with van der Waals surface area (Å²) in [6.45, 7) is 6.02. The first-order valence-corrected chi connectivity index (χ1v) is 10.3. The van der Waals surface area contributed by atoms with Gasteiger partial charge in [-0.15, -0.1) is 0 Å². The third-order valence-electron chi connectivity index (χ3n) is 5.74. The third kappa shape index (κ3) is 4.87. The molecule has 2 aromatic rings. The molecule has 3 heterocycles. The lowest BCUT2D eigenvalue weighted by molar-refractivity contribution is -0.132. The Hall–Kier alpha value is -2.47. The molecule has 28 heavy (non-hydrogen) atoms. The van der Waals surface area contributed by atoms with Crippen molar-refractivity contribution in [2.45, 2.75) is 19.3 Å². The summed E-state index contributed by atoms with van der Waals surface area (Å²) in [6, 6.07) is 10.5. The van der Waals surface area contributed by atoms with E-state index >= 15 is 0 Å². The van der Waals surface area contributed by atoms with Gasteiger partial charge in [0.15, 0.2) is 0 Å². The molecule has 1 unspecified atom stereocenters. The van der Waals surface area contributed by atoms with Gasteiger partial charge in [0.1, 0.15) is 0 Å². The van der Waals surface area contributed by atoms with Crippen molar-refractivity contribution in [3.63, 3.8) is 0 Å². The number of carbonyl (C=O) groups is 1. The van der Waals surface area contributed by atoms with Crippen LogP contribution in [0.3, 0.4) is 0 Å². The molecule has 2 saturated heterocycles. The molecular formula is C22H29N5O. The van der Waals surface area contributed by atoms with Crippen molar-refractivity contribution < 1.29 is 4.79 Å². The molecule has 0 radical (unpaired) electrons. The molecule has 4 rings (SSSR count).